The van der Waals surface area contributed by atoms with Crippen molar-refractivity contribution in [3.05, 3.63) is 34.9 Å². The minimum atomic E-state index is 0.158. The molecule has 1 aromatic carbocycles. The molecule has 1 aromatic rings. The van der Waals surface area contributed by atoms with E-state index in [9.17, 15) is 4.79 Å². The Hall–Kier alpha value is -1.06. The van der Waals surface area contributed by atoms with Gasteiger partial charge in [0.25, 0.3) is 0 Å². The molecule has 1 rings (SSSR count). The van der Waals surface area contributed by atoms with Gasteiger partial charge in [0.1, 0.15) is 0 Å². The van der Waals surface area contributed by atoms with Gasteiger partial charge in [0.2, 0.25) is 5.91 Å². The second kappa shape index (κ2) is 8.11. The summed E-state index contributed by atoms with van der Waals surface area (Å²) in [6.45, 7) is 6.72. The number of halogens is 1. The van der Waals surface area contributed by atoms with E-state index in [0.29, 0.717) is 6.54 Å². The van der Waals surface area contributed by atoms with Crippen molar-refractivity contribution in [1.82, 2.24) is 10.2 Å². The fourth-order valence-corrected chi connectivity index (χ4v) is 2.02. The van der Waals surface area contributed by atoms with Gasteiger partial charge in [-0.1, -0.05) is 23.7 Å². The number of carbonyl (C=O) groups excluding carboxylic acids is 1. The number of amides is 1. The summed E-state index contributed by atoms with van der Waals surface area (Å²) in [4.78, 5) is 13.5. The lowest BCUT2D eigenvalue weighted by Gasteiger charge is -2.18. The second-order valence-corrected chi connectivity index (χ2v) is 4.56. The molecule has 0 atom stereocenters. The Morgan fingerprint density at radius 3 is 2.67 bits per heavy atom. The third kappa shape index (κ3) is 5.07. The summed E-state index contributed by atoms with van der Waals surface area (Å²) in [5, 5.41) is 3.92. The molecule has 0 aliphatic heterocycles. The van der Waals surface area contributed by atoms with Crippen LogP contribution in [0.25, 0.3) is 0 Å². The zero-order valence-corrected chi connectivity index (χ0v) is 11.8. The zero-order chi connectivity index (χ0) is 13.4. The fourth-order valence-electron chi connectivity index (χ4n) is 1.81. The first-order chi connectivity index (χ1) is 8.67. The van der Waals surface area contributed by atoms with E-state index in [0.717, 1.165) is 31.1 Å². The van der Waals surface area contributed by atoms with E-state index in [1.807, 2.05) is 43.0 Å². The van der Waals surface area contributed by atoms with Gasteiger partial charge in [0.05, 0.1) is 6.54 Å². The fraction of sp³-hybridized carbons (Fsp3) is 0.500. The summed E-state index contributed by atoms with van der Waals surface area (Å²) in [6, 6.07) is 7.80. The highest BCUT2D eigenvalue weighted by Gasteiger charge is 2.07. The van der Waals surface area contributed by atoms with Crippen LogP contribution < -0.4 is 5.32 Å². The maximum atomic E-state index is 11.7. The van der Waals surface area contributed by atoms with Gasteiger partial charge in [-0.05, 0) is 44.5 Å². The maximum absolute atomic E-state index is 11.7. The molecule has 1 amide bonds. The van der Waals surface area contributed by atoms with Gasteiger partial charge in [-0.2, -0.15) is 0 Å². The first-order valence-electron chi connectivity index (χ1n) is 6.40. The first kappa shape index (κ1) is 15.0. The van der Waals surface area contributed by atoms with Crippen molar-refractivity contribution in [3.63, 3.8) is 0 Å². The van der Waals surface area contributed by atoms with Gasteiger partial charge in [-0.15, -0.1) is 0 Å². The molecule has 3 nitrogen and oxygen atoms in total. The van der Waals surface area contributed by atoms with Gasteiger partial charge in [0, 0.05) is 18.1 Å². The lowest BCUT2D eigenvalue weighted by molar-refractivity contribution is -0.129. The minimum Gasteiger partial charge on any atom is -0.342 e. The Kier molecular flexibility index (Phi) is 6.76. The van der Waals surface area contributed by atoms with Gasteiger partial charge >= 0.3 is 0 Å². The predicted molar refractivity (Wildman–Crippen MR) is 76.0 cm³/mol. The molecule has 0 aliphatic carbocycles. The predicted octanol–water partition coefficient (Wildman–Crippen LogP) is 2.34. The van der Waals surface area contributed by atoms with Crippen molar-refractivity contribution in [3.8, 4) is 0 Å². The minimum absolute atomic E-state index is 0.158. The standard InChI is InChI=1S/C14H21ClN2O/c1-3-17(4-2)14(18)11-16-9-8-12-6-5-7-13(15)10-12/h5-7,10,16H,3-4,8-9,11H2,1-2H3. The topological polar surface area (TPSA) is 32.3 Å². The SMILES string of the molecule is CCN(CC)C(=O)CNCCc1cccc(Cl)c1. The van der Waals surface area contributed by atoms with Crippen LogP contribution in [0.2, 0.25) is 5.02 Å². The Bertz CT molecular complexity index is 378. The molecule has 0 bridgehead atoms. The summed E-state index contributed by atoms with van der Waals surface area (Å²) in [7, 11) is 0. The van der Waals surface area contributed by atoms with E-state index in [2.05, 4.69) is 5.32 Å². The zero-order valence-electron chi connectivity index (χ0n) is 11.1. The van der Waals surface area contributed by atoms with Crippen LogP contribution in [-0.2, 0) is 11.2 Å². The molecule has 0 fully saturated rings. The van der Waals surface area contributed by atoms with Gasteiger partial charge in [-0.25, -0.2) is 0 Å². The van der Waals surface area contributed by atoms with Crippen LogP contribution in [0.5, 0.6) is 0 Å². The maximum Gasteiger partial charge on any atom is 0.236 e. The van der Waals surface area contributed by atoms with Crippen LogP contribution in [-0.4, -0.2) is 37.0 Å². The van der Waals surface area contributed by atoms with E-state index in [1.165, 1.54) is 5.56 Å². The van der Waals surface area contributed by atoms with Crippen LogP contribution >= 0.6 is 11.6 Å². The Labute approximate surface area is 114 Å². The molecule has 0 saturated carbocycles. The molecular formula is C14H21ClN2O. The largest absolute Gasteiger partial charge is 0.342 e. The Balaban J connectivity index is 2.24. The lowest BCUT2D eigenvalue weighted by atomic mass is 10.1. The Morgan fingerprint density at radius 2 is 2.06 bits per heavy atom. The highest BCUT2D eigenvalue weighted by molar-refractivity contribution is 6.30. The number of hydrogen-bond donors (Lipinski definition) is 1. The third-order valence-corrected chi connectivity index (χ3v) is 3.11. The highest BCUT2D eigenvalue weighted by Crippen LogP contribution is 2.10. The van der Waals surface area contributed by atoms with Crippen molar-refractivity contribution >= 4 is 17.5 Å². The molecule has 18 heavy (non-hydrogen) atoms. The van der Waals surface area contributed by atoms with Crippen LogP contribution in [0.15, 0.2) is 24.3 Å². The second-order valence-electron chi connectivity index (χ2n) is 4.12. The summed E-state index contributed by atoms with van der Waals surface area (Å²) in [5.74, 6) is 0.158. The van der Waals surface area contributed by atoms with E-state index in [1.54, 1.807) is 0 Å². The van der Waals surface area contributed by atoms with Crippen LogP contribution in [0, 0.1) is 0 Å². The summed E-state index contributed by atoms with van der Waals surface area (Å²) >= 11 is 5.91. The average molecular weight is 269 g/mol. The van der Waals surface area contributed by atoms with Crippen molar-refractivity contribution in [2.24, 2.45) is 0 Å². The van der Waals surface area contributed by atoms with Crippen molar-refractivity contribution in [2.45, 2.75) is 20.3 Å². The molecule has 0 aliphatic rings. The van der Waals surface area contributed by atoms with E-state index < -0.39 is 0 Å². The normalized spacial score (nSPS) is 10.4. The number of hydrogen-bond acceptors (Lipinski definition) is 2. The molecule has 0 unspecified atom stereocenters. The van der Waals surface area contributed by atoms with Crippen LogP contribution in [0.3, 0.4) is 0 Å². The number of benzene rings is 1. The van der Waals surface area contributed by atoms with Crippen molar-refractivity contribution in [1.29, 1.82) is 0 Å². The molecule has 0 saturated heterocycles. The quantitative estimate of drug-likeness (QED) is 0.770. The van der Waals surface area contributed by atoms with Gasteiger partial charge < -0.3 is 10.2 Å². The van der Waals surface area contributed by atoms with Crippen LogP contribution in [0.4, 0.5) is 0 Å². The molecule has 100 valence electrons. The molecule has 0 spiro atoms. The lowest BCUT2D eigenvalue weighted by Crippen LogP contribution is -2.38. The molecule has 1 N–H and O–H groups in total. The summed E-state index contributed by atoms with van der Waals surface area (Å²) in [6.07, 6.45) is 0.881. The van der Waals surface area contributed by atoms with E-state index >= 15 is 0 Å². The first-order valence-corrected chi connectivity index (χ1v) is 6.78. The van der Waals surface area contributed by atoms with Crippen molar-refractivity contribution < 1.29 is 4.79 Å². The number of nitrogens with zero attached hydrogens (tertiary/aromatic N) is 1. The average Bonchev–Trinajstić information content (AvgIpc) is 2.36. The molecular weight excluding hydrogens is 248 g/mol. The summed E-state index contributed by atoms with van der Waals surface area (Å²) in [5.41, 5.74) is 1.19. The third-order valence-electron chi connectivity index (χ3n) is 2.87. The number of carbonyl (C=O) groups is 1. The van der Waals surface area contributed by atoms with E-state index in [-0.39, 0.29) is 5.91 Å². The number of rotatable bonds is 7. The summed E-state index contributed by atoms with van der Waals surface area (Å²) < 4.78 is 0. The smallest absolute Gasteiger partial charge is 0.236 e. The van der Waals surface area contributed by atoms with Crippen LogP contribution in [0.1, 0.15) is 19.4 Å². The number of nitrogens with one attached hydrogen (secondary N) is 1. The molecule has 4 heteroatoms. The molecule has 0 aromatic heterocycles. The van der Waals surface area contributed by atoms with E-state index in [4.69, 9.17) is 11.6 Å². The highest BCUT2D eigenvalue weighted by atomic mass is 35.5. The monoisotopic (exact) mass is 268 g/mol. The van der Waals surface area contributed by atoms with Crippen molar-refractivity contribution in [2.75, 3.05) is 26.2 Å². The molecule has 0 heterocycles. The molecule has 0 radical (unpaired) electrons. The van der Waals surface area contributed by atoms with Gasteiger partial charge in [0.15, 0.2) is 0 Å². The Morgan fingerprint density at radius 1 is 1.33 bits per heavy atom. The van der Waals surface area contributed by atoms with Gasteiger partial charge in [-0.3, -0.25) is 4.79 Å². The number of likely N-dealkylation sites (N-methyl/N-ethyl adjacent to an activating group) is 1.